The lowest BCUT2D eigenvalue weighted by atomic mass is 10.2. The van der Waals surface area contributed by atoms with Gasteiger partial charge in [0.2, 0.25) is 12.3 Å². The summed E-state index contributed by atoms with van der Waals surface area (Å²) in [5, 5.41) is 8.68. The minimum absolute atomic E-state index is 0.494. The molecule has 0 heterocycles. The number of quaternary nitrogens is 2. The van der Waals surface area contributed by atoms with Gasteiger partial charge in [0.1, 0.15) is 13.1 Å². The van der Waals surface area contributed by atoms with Gasteiger partial charge in [-0.2, -0.15) is 0 Å². The van der Waals surface area contributed by atoms with E-state index in [0.717, 1.165) is 11.1 Å². The van der Waals surface area contributed by atoms with E-state index in [2.05, 4.69) is 10.6 Å². The van der Waals surface area contributed by atoms with Crippen molar-refractivity contribution in [3.8, 4) is 0 Å². The molecule has 2 amide bonds. The Balaban J connectivity index is 1.97. The highest BCUT2D eigenvalue weighted by molar-refractivity contribution is 6.68. The summed E-state index contributed by atoms with van der Waals surface area (Å²) in [5.41, 5.74) is 2.02. The molecule has 0 saturated carbocycles. The summed E-state index contributed by atoms with van der Waals surface area (Å²) in [4.78, 5) is 12.6. The number of benzene rings is 2. The zero-order chi connectivity index (χ0) is 22.2. The predicted octanol–water partition coefficient (Wildman–Crippen LogP) is 3.21. The monoisotopic (exact) mass is 532 g/mol. The van der Waals surface area contributed by atoms with E-state index in [-0.39, 0.29) is 0 Å². The van der Waals surface area contributed by atoms with Gasteiger partial charge in [-0.15, -0.1) is 0 Å². The summed E-state index contributed by atoms with van der Waals surface area (Å²) in [6.45, 7) is 0.988. The summed E-state index contributed by atoms with van der Waals surface area (Å²) >= 11 is 36.3. The number of rotatable bonds is 8. The summed E-state index contributed by atoms with van der Waals surface area (Å²) in [7, 11) is 0. The Bertz CT molecular complexity index is 718. The van der Waals surface area contributed by atoms with Crippen molar-refractivity contribution in [2.75, 3.05) is 0 Å². The molecule has 0 spiro atoms. The highest BCUT2D eigenvalue weighted by Gasteiger charge is 2.41. The molecule has 5 nitrogen and oxygen atoms in total. The van der Waals surface area contributed by atoms with Gasteiger partial charge >= 0.3 is 6.03 Å². The third kappa shape index (κ3) is 9.25. The van der Waals surface area contributed by atoms with Crippen LogP contribution in [-0.4, -0.2) is 25.9 Å². The number of halogens is 6. The molecule has 0 saturated heterocycles. The second-order valence-electron chi connectivity index (χ2n) is 6.51. The normalized spacial score (nSPS) is 14.1. The molecule has 0 bridgehead atoms. The predicted molar refractivity (Wildman–Crippen MR) is 124 cm³/mol. The largest absolute Gasteiger partial charge is 0.324 e. The lowest BCUT2D eigenvalue weighted by Gasteiger charge is -2.27. The second-order valence-corrected chi connectivity index (χ2v) is 11.2. The van der Waals surface area contributed by atoms with Gasteiger partial charge in [0.25, 0.3) is 7.59 Å². The van der Waals surface area contributed by atoms with E-state index in [4.69, 9.17) is 69.6 Å². The molecule has 0 radical (unpaired) electrons. The Kier molecular flexibility index (Phi) is 10.1. The first-order valence-electron chi connectivity index (χ1n) is 9.00. The van der Waals surface area contributed by atoms with Gasteiger partial charge in [-0.1, -0.05) is 130 Å². The van der Waals surface area contributed by atoms with Crippen molar-refractivity contribution in [3.63, 3.8) is 0 Å². The Morgan fingerprint density at radius 2 is 1.03 bits per heavy atom. The van der Waals surface area contributed by atoms with Crippen molar-refractivity contribution >= 4 is 75.6 Å². The molecular weight excluding hydrogens is 513 g/mol. The van der Waals surface area contributed by atoms with Gasteiger partial charge in [-0.05, 0) is 0 Å². The van der Waals surface area contributed by atoms with Crippen LogP contribution in [0.25, 0.3) is 0 Å². The average molecular weight is 535 g/mol. The first-order valence-corrected chi connectivity index (χ1v) is 11.3. The molecule has 2 aromatic rings. The van der Waals surface area contributed by atoms with Crippen LogP contribution in [0.2, 0.25) is 0 Å². The molecule has 2 atom stereocenters. The minimum Gasteiger partial charge on any atom is -0.319 e. The van der Waals surface area contributed by atoms with Gasteiger partial charge in [0.05, 0.1) is 0 Å². The van der Waals surface area contributed by atoms with E-state index in [9.17, 15) is 4.79 Å². The van der Waals surface area contributed by atoms with Crippen LogP contribution in [0.4, 0.5) is 4.79 Å². The van der Waals surface area contributed by atoms with Crippen LogP contribution in [0.15, 0.2) is 60.7 Å². The van der Waals surface area contributed by atoms with E-state index < -0.39 is 25.9 Å². The van der Waals surface area contributed by atoms with Crippen LogP contribution in [0.3, 0.4) is 0 Å². The van der Waals surface area contributed by atoms with E-state index in [1.807, 2.05) is 60.7 Å². The maximum atomic E-state index is 12.6. The molecule has 0 aliphatic rings. The maximum absolute atomic E-state index is 12.6. The topological polar surface area (TPSA) is 74.3 Å². The van der Waals surface area contributed by atoms with Gasteiger partial charge in [-0.25, -0.2) is 4.79 Å². The fraction of sp³-hybridized carbons (Fsp3) is 0.316. The number of urea groups is 1. The molecule has 30 heavy (non-hydrogen) atoms. The molecule has 6 N–H and O–H groups in total. The van der Waals surface area contributed by atoms with Crippen LogP contribution in [-0.2, 0) is 13.1 Å². The van der Waals surface area contributed by atoms with E-state index in [0.29, 0.717) is 13.1 Å². The Labute approximate surface area is 205 Å². The van der Waals surface area contributed by atoms with Gasteiger partial charge in [0.15, 0.2) is 0 Å². The molecule has 0 aromatic heterocycles. The number of nitrogens with one attached hydrogen (secondary N) is 2. The quantitative estimate of drug-likeness (QED) is 0.305. The van der Waals surface area contributed by atoms with Crippen LogP contribution in [0, 0.1) is 0 Å². The molecule has 164 valence electrons. The Morgan fingerprint density at radius 1 is 0.700 bits per heavy atom. The number of hydrogen-bond donors (Lipinski definition) is 4. The van der Waals surface area contributed by atoms with Crippen molar-refractivity contribution in [1.82, 2.24) is 10.6 Å². The molecule has 0 unspecified atom stereocenters. The summed E-state index contributed by atoms with van der Waals surface area (Å²) < 4.78 is -3.51. The lowest BCUT2D eigenvalue weighted by Crippen LogP contribution is -2.97. The molecule has 0 fully saturated rings. The summed E-state index contributed by atoms with van der Waals surface area (Å²) in [6.07, 6.45) is -1.74. The summed E-state index contributed by atoms with van der Waals surface area (Å²) in [5.74, 6) is 0. The molecule has 0 aliphatic carbocycles. The number of carbonyl (C=O) groups is 1. The summed E-state index contributed by atoms with van der Waals surface area (Å²) in [6, 6.07) is 18.5. The smallest absolute Gasteiger partial charge is 0.319 e. The van der Waals surface area contributed by atoms with Crippen molar-refractivity contribution in [2.45, 2.75) is 33.0 Å². The highest BCUT2D eigenvalue weighted by atomic mass is 35.6. The number of carbonyl (C=O) groups excluding carboxylic acids is 1. The van der Waals surface area contributed by atoms with E-state index in [1.54, 1.807) is 10.6 Å². The van der Waals surface area contributed by atoms with Crippen LogP contribution in [0.5, 0.6) is 0 Å². The van der Waals surface area contributed by atoms with Crippen molar-refractivity contribution in [3.05, 3.63) is 71.8 Å². The Morgan fingerprint density at radius 3 is 1.33 bits per heavy atom. The highest BCUT2D eigenvalue weighted by Crippen LogP contribution is 2.28. The average Bonchev–Trinajstić information content (AvgIpc) is 2.68. The third-order valence-corrected chi connectivity index (χ3v) is 5.55. The molecule has 11 heteroatoms. The van der Waals surface area contributed by atoms with E-state index in [1.165, 1.54) is 0 Å². The van der Waals surface area contributed by atoms with E-state index >= 15 is 0 Å². The zero-order valence-electron chi connectivity index (χ0n) is 15.7. The van der Waals surface area contributed by atoms with Crippen molar-refractivity contribution in [2.24, 2.45) is 0 Å². The number of hydrogen-bond acceptors (Lipinski definition) is 1. The molecular formula is C19H22Cl6N4O+2. The maximum Gasteiger partial charge on any atom is 0.324 e. The minimum atomic E-state index is -1.75. The number of nitrogens with two attached hydrogens (primary N) is 2. The second kappa shape index (κ2) is 11.8. The first kappa shape index (κ1) is 25.6. The molecule has 2 rings (SSSR count). The number of alkyl halides is 6. The van der Waals surface area contributed by atoms with Crippen LogP contribution < -0.4 is 21.3 Å². The van der Waals surface area contributed by atoms with Crippen molar-refractivity contribution < 1.29 is 15.4 Å². The van der Waals surface area contributed by atoms with Crippen molar-refractivity contribution in [1.29, 1.82) is 0 Å². The molecule has 0 aliphatic heterocycles. The first-order chi connectivity index (χ1) is 14.1. The standard InChI is InChI=1S/C19H20Cl6N4O/c20-18(21,22)15(26-11-13-7-3-1-4-8-13)28-17(30)29-16(19(23,24)25)27-12-14-9-5-2-6-10-14/h1-10,15-16,26-27H,11-12H2,(H2,28,29,30)/p+2/t15-,16+. The third-order valence-electron chi connectivity index (χ3n) is 4.14. The SMILES string of the molecule is O=C(N[C@H]([NH2+]Cc1ccccc1)C(Cl)(Cl)Cl)N[C@@H]([NH2+]Cc1ccccc1)C(Cl)(Cl)Cl. The van der Waals surface area contributed by atoms with Crippen LogP contribution in [0.1, 0.15) is 11.1 Å². The Hall–Kier alpha value is -0.630. The van der Waals surface area contributed by atoms with Gasteiger partial charge in [0, 0.05) is 11.1 Å². The fourth-order valence-electron chi connectivity index (χ4n) is 2.61. The molecule has 2 aromatic carbocycles. The lowest BCUT2D eigenvalue weighted by molar-refractivity contribution is -0.709. The zero-order valence-corrected chi connectivity index (χ0v) is 20.2. The number of amides is 2. The fourth-order valence-corrected chi connectivity index (χ4v) is 3.47. The van der Waals surface area contributed by atoms with Gasteiger partial charge < -0.3 is 10.6 Å². The van der Waals surface area contributed by atoms with Gasteiger partial charge in [-0.3, -0.25) is 10.6 Å². The van der Waals surface area contributed by atoms with Crippen LogP contribution >= 0.6 is 69.6 Å².